The van der Waals surface area contributed by atoms with Gasteiger partial charge in [0.05, 0.1) is 6.04 Å². The van der Waals surface area contributed by atoms with Crippen LogP contribution >= 0.6 is 0 Å². The molecule has 0 saturated carbocycles. The van der Waals surface area contributed by atoms with Gasteiger partial charge in [-0.25, -0.2) is 0 Å². The Kier molecular flexibility index (Phi) is 5.08. The molecule has 0 spiro atoms. The molecule has 0 aromatic carbocycles. The third kappa shape index (κ3) is 5.82. The van der Waals surface area contributed by atoms with Gasteiger partial charge in [-0.15, -0.1) is 0 Å². The molecule has 3 heteroatoms. The Morgan fingerprint density at radius 1 is 1.12 bits per heavy atom. The van der Waals surface area contributed by atoms with Crippen LogP contribution in [-0.4, -0.2) is 6.04 Å². The lowest BCUT2D eigenvalue weighted by molar-refractivity contribution is 0.241. The second-order valence-corrected chi connectivity index (χ2v) is 6.58. The SMILES string of the molecule is C[C@@H](C(/C=C/C(C)(C)C)N=[N+]=[N-])C(C)(C)C. The normalized spacial score (nSPS) is 16.9. The first kappa shape index (κ1) is 15.0. The zero-order valence-electron chi connectivity index (χ0n) is 11.7. The van der Waals surface area contributed by atoms with Gasteiger partial charge < -0.3 is 0 Å². The first-order valence-electron chi connectivity index (χ1n) is 5.81. The molecule has 0 N–H and O–H groups in total. The molecule has 0 saturated heterocycles. The Morgan fingerprint density at radius 2 is 1.62 bits per heavy atom. The van der Waals surface area contributed by atoms with E-state index < -0.39 is 0 Å². The van der Waals surface area contributed by atoms with E-state index in [1.54, 1.807) is 0 Å². The van der Waals surface area contributed by atoms with Crippen molar-refractivity contribution in [1.82, 2.24) is 0 Å². The van der Waals surface area contributed by atoms with Crippen molar-refractivity contribution in [1.29, 1.82) is 0 Å². The molecular formula is C13H25N3. The number of azide groups is 1. The fourth-order valence-corrected chi connectivity index (χ4v) is 1.26. The Morgan fingerprint density at radius 3 is 1.94 bits per heavy atom. The van der Waals surface area contributed by atoms with Crippen molar-refractivity contribution < 1.29 is 0 Å². The van der Waals surface area contributed by atoms with E-state index in [4.69, 9.17) is 5.53 Å². The highest BCUT2D eigenvalue weighted by Gasteiger charge is 2.26. The molecule has 2 atom stereocenters. The van der Waals surface area contributed by atoms with E-state index >= 15 is 0 Å². The quantitative estimate of drug-likeness (QED) is 0.281. The van der Waals surface area contributed by atoms with Gasteiger partial charge in [-0.3, -0.25) is 0 Å². The molecule has 0 aliphatic heterocycles. The lowest BCUT2D eigenvalue weighted by atomic mass is 9.77. The smallest absolute Gasteiger partial charge is 0.0585 e. The number of allylic oxidation sites excluding steroid dienone is 1. The fourth-order valence-electron chi connectivity index (χ4n) is 1.26. The monoisotopic (exact) mass is 223 g/mol. The van der Waals surface area contributed by atoms with Crippen LogP contribution in [0.4, 0.5) is 0 Å². The van der Waals surface area contributed by atoms with Crippen molar-refractivity contribution in [3.8, 4) is 0 Å². The fraction of sp³-hybridized carbons (Fsp3) is 0.846. The second kappa shape index (κ2) is 5.40. The molecule has 0 aromatic heterocycles. The minimum atomic E-state index is -0.0655. The van der Waals surface area contributed by atoms with Crippen molar-refractivity contribution in [2.45, 2.75) is 54.5 Å². The molecule has 3 nitrogen and oxygen atoms in total. The average molecular weight is 223 g/mol. The molecule has 0 bridgehead atoms. The summed E-state index contributed by atoms with van der Waals surface area (Å²) in [6.07, 6.45) is 4.16. The maximum atomic E-state index is 8.61. The van der Waals surface area contributed by atoms with Crippen LogP contribution < -0.4 is 0 Å². The highest BCUT2D eigenvalue weighted by Crippen LogP contribution is 2.31. The van der Waals surface area contributed by atoms with Gasteiger partial charge in [0.2, 0.25) is 0 Å². The Hall–Kier alpha value is -0.950. The molecule has 0 heterocycles. The highest BCUT2D eigenvalue weighted by molar-refractivity contribution is 5.02. The van der Waals surface area contributed by atoms with E-state index in [0.717, 1.165) is 0 Å². The number of hydrogen-bond acceptors (Lipinski definition) is 1. The summed E-state index contributed by atoms with van der Waals surface area (Å²) in [7, 11) is 0. The lowest BCUT2D eigenvalue weighted by Crippen LogP contribution is -2.27. The van der Waals surface area contributed by atoms with Crippen molar-refractivity contribution in [2.24, 2.45) is 21.9 Å². The zero-order valence-corrected chi connectivity index (χ0v) is 11.7. The lowest BCUT2D eigenvalue weighted by Gasteiger charge is -2.31. The molecular weight excluding hydrogens is 198 g/mol. The summed E-state index contributed by atoms with van der Waals surface area (Å²) in [6, 6.07) is -0.0655. The maximum Gasteiger partial charge on any atom is 0.0585 e. The zero-order chi connectivity index (χ0) is 13.0. The summed E-state index contributed by atoms with van der Waals surface area (Å²) in [5.74, 6) is 0.321. The van der Waals surface area contributed by atoms with Crippen molar-refractivity contribution in [3.05, 3.63) is 22.6 Å². The van der Waals surface area contributed by atoms with E-state index in [1.165, 1.54) is 0 Å². The molecule has 0 rings (SSSR count). The molecule has 0 aromatic rings. The van der Waals surface area contributed by atoms with Gasteiger partial charge in [-0.1, -0.05) is 65.7 Å². The molecule has 0 amide bonds. The van der Waals surface area contributed by atoms with Crippen LogP contribution in [-0.2, 0) is 0 Å². The Balaban J connectivity index is 4.90. The number of hydrogen-bond donors (Lipinski definition) is 0. The molecule has 0 aliphatic rings. The predicted molar refractivity (Wildman–Crippen MR) is 70.1 cm³/mol. The molecule has 0 aliphatic carbocycles. The average Bonchev–Trinajstić information content (AvgIpc) is 2.08. The van der Waals surface area contributed by atoms with E-state index in [-0.39, 0.29) is 16.9 Å². The van der Waals surface area contributed by atoms with Crippen LogP contribution in [0.25, 0.3) is 10.4 Å². The Labute approximate surface area is 99.6 Å². The predicted octanol–water partition coefficient (Wildman–Crippen LogP) is 4.95. The van der Waals surface area contributed by atoms with Crippen LogP contribution in [0.2, 0.25) is 0 Å². The standard InChI is InChI=1S/C13H25N3/c1-10(13(5,6)7)11(15-16-14)8-9-12(2,3)4/h8-11H,1-7H3/b9-8+/t10-,11?/m0/s1. The van der Waals surface area contributed by atoms with Crippen LogP contribution in [0.3, 0.4) is 0 Å². The van der Waals surface area contributed by atoms with Gasteiger partial charge >= 0.3 is 0 Å². The van der Waals surface area contributed by atoms with Gasteiger partial charge in [0.1, 0.15) is 0 Å². The summed E-state index contributed by atoms with van der Waals surface area (Å²) >= 11 is 0. The van der Waals surface area contributed by atoms with E-state index in [2.05, 4.69) is 64.6 Å². The minimum Gasteiger partial charge on any atom is -0.0863 e. The van der Waals surface area contributed by atoms with Crippen LogP contribution in [0, 0.1) is 16.7 Å². The van der Waals surface area contributed by atoms with Gasteiger partial charge in [-0.05, 0) is 22.3 Å². The van der Waals surface area contributed by atoms with Crippen molar-refractivity contribution in [2.75, 3.05) is 0 Å². The van der Waals surface area contributed by atoms with Crippen LogP contribution in [0.1, 0.15) is 48.5 Å². The van der Waals surface area contributed by atoms with Gasteiger partial charge in [0, 0.05) is 4.91 Å². The minimum absolute atomic E-state index is 0.0655. The summed E-state index contributed by atoms with van der Waals surface area (Å²) in [6.45, 7) is 15.1. The summed E-state index contributed by atoms with van der Waals surface area (Å²) in [4.78, 5) is 2.95. The van der Waals surface area contributed by atoms with Gasteiger partial charge in [-0.2, -0.15) is 0 Å². The second-order valence-electron chi connectivity index (χ2n) is 6.58. The van der Waals surface area contributed by atoms with E-state index in [9.17, 15) is 0 Å². The summed E-state index contributed by atoms with van der Waals surface area (Å²) in [5.41, 5.74) is 8.87. The third-order valence-corrected chi connectivity index (χ3v) is 2.86. The molecule has 1 unspecified atom stereocenters. The first-order valence-corrected chi connectivity index (χ1v) is 5.81. The van der Waals surface area contributed by atoms with Gasteiger partial charge in [0.25, 0.3) is 0 Å². The highest BCUT2D eigenvalue weighted by atomic mass is 15.1. The van der Waals surface area contributed by atoms with Crippen molar-refractivity contribution >= 4 is 0 Å². The maximum absolute atomic E-state index is 8.61. The van der Waals surface area contributed by atoms with Crippen molar-refractivity contribution in [3.63, 3.8) is 0 Å². The molecule has 92 valence electrons. The molecule has 0 radical (unpaired) electrons. The largest absolute Gasteiger partial charge is 0.0863 e. The van der Waals surface area contributed by atoms with E-state index in [0.29, 0.717) is 5.92 Å². The van der Waals surface area contributed by atoms with Crippen LogP contribution in [0.15, 0.2) is 17.3 Å². The topological polar surface area (TPSA) is 48.8 Å². The molecule has 16 heavy (non-hydrogen) atoms. The van der Waals surface area contributed by atoms with Crippen LogP contribution in [0.5, 0.6) is 0 Å². The summed E-state index contributed by atoms with van der Waals surface area (Å²) < 4.78 is 0. The summed E-state index contributed by atoms with van der Waals surface area (Å²) in [5, 5.41) is 3.89. The number of nitrogens with zero attached hydrogens (tertiary/aromatic N) is 3. The van der Waals surface area contributed by atoms with Gasteiger partial charge in [0.15, 0.2) is 0 Å². The number of rotatable bonds is 3. The first-order chi connectivity index (χ1) is 7.08. The Bertz CT molecular complexity index is 285. The molecule has 0 fully saturated rings. The van der Waals surface area contributed by atoms with E-state index in [1.807, 2.05) is 6.08 Å². The third-order valence-electron chi connectivity index (χ3n) is 2.86.